The second-order valence-electron chi connectivity index (χ2n) is 4.90. The summed E-state index contributed by atoms with van der Waals surface area (Å²) in [5.74, 6) is 0.131. The number of thioether (sulfide) groups is 1. The Morgan fingerprint density at radius 2 is 1.62 bits per heavy atom. The minimum atomic E-state index is 0.131. The van der Waals surface area contributed by atoms with Gasteiger partial charge in [-0.05, 0) is 41.6 Å². The van der Waals surface area contributed by atoms with Gasteiger partial charge in [-0.1, -0.05) is 40.2 Å². The van der Waals surface area contributed by atoms with E-state index in [4.69, 9.17) is 0 Å². The van der Waals surface area contributed by atoms with E-state index in [-0.39, 0.29) is 5.91 Å². The quantitative estimate of drug-likeness (QED) is 0.735. The van der Waals surface area contributed by atoms with Crippen molar-refractivity contribution in [1.29, 1.82) is 0 Å². The van der Waals surface area contributed by atoms with Gasteiger partial charge in [0.2, 0.25) is 5.91 Å². The number of rotatable bonds is 5. The predicted octanol–water partition coefficient (Wildman–Crippen LogP) is 4.37. The molecule has 0 unspecified atom stereocenters. The Morgan fingerprint density at radius 3 is 2.19 bits per heavy atom. The van der Waals surface area contributed by atoms with E-state index in [2.05, 4.69) is 46.5 Å². The van der Waals surface area contributed by atoms with Gasteiger partial charge in [-0.2, -0.15) is 0 Å². The van der Waals surface area contributed by atoms with Crippen LogP contribution >= 0.6 is 27.7 Å². The van der Waals surface area contributed by atoms with E-state index in [1.807, 2.05) is 31.3 Å². The van der Waals surface area contributed by atoms with Crippen molar-refractivity contribution in [1.82, 2.24) is 4.90 Å². The third-order valence-corrected chi connectivity index (χ3v) is 4.55. The SMILES string of the molecule is CSc1ccc(CN(C)C(=O)Cc2ccc(Br)cc2)cc1. The van der Waals surface area contributed by atoms with E-state index in [0.29, 0.717) is 13.0 Å². The molecule has 4 heteroatoms. The summed E-state index contributed by atoms with van der Waals surface area (Å²) in [4.78, 5) is 15.2. The average Bonchev–Trinajstić information content (AvgIpc) is 2.50. The highest BCUT2D eigenvalue weighted by Crippen LogP contribution is 2.16. The van der Waals surface area contributed by atoms with Crippen LogP contribution in [0.5, 0.6) is 0 Å². The minimum absolute atomic E-state index is 0.131. The van der Waals surface area contributed by atoms with Crippen molar-refractivity contribution in [3.8, 4) is 0 Å². The van der Waals surface area contributed by atoms with Gasteiger partial charge in [0.25, 0.3) is 0 Å². The summed E-state index contributed by atoms with van der Waals surface area (Å²) in [5, 5.41) is 0. The second-order valence-corrected chi connectivity index (χ2v) is 6.70. The first kappa shape index (κ1) is 16.1. The summed E-state index contributed by atoms with van der Waals surface area (Å²) in [7, 11) is 1.85. The molecule has 0 aliphatic heterocycles. The molecule has 2 aromatic rings. The first-order valence-corrected chi connectivity index (χ1v) is 8.71. The molecular formula is C17H18BrNOS. The Hall–Kier alpha value is -1.26. The number of hydrogen-bond donors (Lipinski definition) is 0. The lowest BCUT2D eigenvalue weighted by molar-refractivity contribution is -0.129. The summed E-state index contributed by atoms with van der Waals surface area (Å²) < 4.78 is 1.03. The predicted molar refractivity (Wildman–Crippen MR) is 92.5 cm³/mol. The highest BCUT2D eigenvalue weighted by molar-refractivity contribution is 9.10. The highest BCUT2D eigenvalue weighted by atomic mass is 79.9. The number of amides is 1. The van der Waals surface area contributed by atoms with Crippen LogP contribution in [0.4, 0.5) is 0 Å². The third kappa shape index (κ3) is 4.90. The molecule has 0 N–H and O–H groups in total. The molecule has 1 amide bonds. The van der Waals surface area contributed by atoms with Crippen molar-refractivity contribution in [2.24, 2.45) is 0 Å². The maximum Gasteiger partial charge on any atom is 0.227 e. The average molecular weight is 364 g/mol. The summed E-state index contributed by atoms with van der Waals surface area (Å²) in [5.41, 5.74) is 2.19. The molecule has 0 aliphatic carbocycles. The van der Waals surface area contributed by atoms with E-state index in [9.17, 15) is 4.79 Å². The van der Waals surface area contributed by atoms with Crippen molar-refractivity contribution >= 4 is 33.6 Å². The van der Waals surface area contributed by atoms with Gasteiger partial charge in [0, 0.05) is 23.0 Å². The number of benzene rings is 2. The largest absolute Gasteiger partial charge is 0.341 e. The van der Waals surface area contributed by atoms with Gasteiger partial charge in [0.1, 0.15) is 0 Å². The van der Waals surface area contributed by atoms with Crippen LogP contribution in [0.2, 0.25) is 0 Å². The molecule has 0 heterocycles. The number of halogens is 1. The van der Waals surface area contributed by atoms with Crippen LogP contribution in [0.25, 0.3) is 0 Å². The van der Waals surface area contributed by atoms with Gasteiger partial charge in [0.15, 0.2) is 0 Å². The molecule has 0 saturated heterocycles. The fourth-order valence-corrected chi connectivity index (χ4v) is 2.68. The van der Waals surface area contributed by atoms with Gasteiger partial charge in [-0.15, -0.1) is 11.8 Å². The first-order valence-electron chi connectivity index (χ1n) is 6.70. The Balaban J connectivity index is 1.93. The summed E-state index contributed by atoms with van der Waals surface area (Å²) >= 11 is 5.12. The van der Waals surface area contributed by atoms with Gasteiger partial charge >= 0.3 is 0 Å². The molecule has 0 radical (unpaired) electrons. The zero-order chi connectivity index (χ0) is 15.2. The van der Waals surface area contributed by atoms with E-state index < -0.39 is 0 Å². The van der Waals surface area contributed by atoms with Gasteiger partial charge in [0.05, 0.1) is 6.42 Å². The lowest BCUT2D eigenvalue weighted by atomic mass is 10.1. The number of nitrogens with zero attached hydrogens (tertiary/aromatic N) is 1. The minimum Gasteiger partial charge on any atom is -0.341 e. The smallest absolute Gasteiger partial charge is 0.227 e. The van der Waals surface area contributed by atoms with Crippen LogP contribution in [0.1, 0.15) is 11.1 Å². The van der Waals surface area contributed by atoms with Crippen molar-refractivity contribution in [3.63, 3.8) is 0 Å². The third-order valence-electron chi connectivity index (χ3n) is 3.27. The van der Waals surface area contributed by atoms with E-state index in [0.717, 1.165) is 15.6 Å². The van der Waals surface area contributed by atoms with Crippen molar-refractivity contribution in [2.75, 3.05) is 13.3 Å². The lowest BCUT2D eigenvalue weighted by Crippen LogP contribution is -2.27. The molecule has 110 valence electrons. The molecule has 0 fully saturated rings. The molecule has 2 aromatic carbocycles. The molecule has 0 spiro atoms. The highest BCUT2D eigenvalue weighted by Gasteiger charge is 2.10. The van der Waals surface area contributed by atoms with Crippen molar-refractivity contribution < 1.29 is 4.79 Å². The van der Waals surface area contributed by atoms with E-state index >= 15 is 0 Å². The Bertz CT molecular complexity index is 595. The number of hydrogen-bond acceptors (Lipinski definition) is 2. The molecule has 2 rings (SSSR count). The monoisotopic (exact) mass is 363 g/mol. The molecule has 2 nitrogen and oxygen atoms in total. The Kier molecular flexibility index (Phi) is 5.88. The van der Waals surface area contributed by atoms with Crippen LogP contribution in [-0.4, -0.2) is 24.1 Å². The first-order chi connectivity index (χ1) is 10.1. The Labute approximate surface area is 138 Å². The van der Waals surface area contributed by atoms with Gasteiger partial charge < -0.3 is 4.90 Å². The maximum absolute atomic E-state index is 12.2. The van der Waals surface area contributed by atoms with E-state index in [1.165, 1.54) is 4.90 Å². The molecule has 0 aliphatic rings. The van der Waals surface area contributed by atoms with E-state index in [1.54, 1.807) is 16.7 Å². The summed E-state index contributed by atoms with van der Waals surface area (Å²) in [6.45, 7) is 0.643. The van der Waals surface area contributed by atoms with Gasteiger partial charge in [-0.25, -0.2) is 0 Å². The van der Waals surface area contributed by atoms with Gasteiger partial charge in [-0.3, -0.25) is 4.79 Å². The molecule has 0 saturated carbocycles. The maximum atomic E-state index is 12.2. The normalized spacial score (nSPS) is 10.4. The fourth-order valence-electron chi connectivity index (χ4n) is 2.00. The van der Waals surface area contributed by atoms with Crippen LogP contribution in [0.3, 0.4) is 0 Å². The zero-order valence-corrected chi connectivity index (χ0v) is 14.6. The summed E-state index contributed by atoms with van der Waals surface area (Å²) in [6.07, 6.45) is 2.50. The number of carbonyl (C=O) groups is 1. The standard InChI is InChI=1S/C17H18BrNOS/c1-19(12-14-5-9-16(21-2)10-6-14)17(20)11-13-3-7-15(18)8-4-13/h3-10H,11-12H2,1-2H3. The molecule has 0 atom stereocenters. The Morgan fingerprint density at radius 1 is 1.05 bits per heavy atom. The summed E-state index contributed by atoms with van der Waals surface area (Å²) in [6, 6.07) is 16.2. The zero-order valence-electron chi connectivity index (χ0n) is 12.2. The van der Waals surface area contributed by atoms with Crippen LogP contribution in [-0.2, 0) is 17.8 Å². The topological polar surface area (TPSA) is 20.3 Å². The van der Waals surface area contributed by atoms with Crippen LogP contribution in [0, 0.1) is 0 Å². The number of likely N-dealkylation sites (N-methyl/N-ethyl adjacent to an activating group) is 1. The number of carbonyl (C=O) groups excluding carboxylic acids is 1. The molecule has 0 aromatic heterocycles. The molecule has 21 heavy (non-hydrogen) atoms. The van der Waals surface area contributed by atoms with Crippen molar-refractivity contribution in [2.45, 2.75) is 17.9 Å². The second kappa shape index (κ2) is 7.66. The molecule has 0 bridgehead atoms. The molecular weight excluding hydrogens is 346 g/mol. The van der Waals surface area contributed by atoms with Crippen molar-refractivity contribution in [3.05, 3.63) is 64.1 Å². The van der Waals surface area contributed by atoms with Crippen LogP contribution in [0.15, 0.2) is 57.9 Å². The lowest BCUT2D eigenvalue weighted by Gasteiger charge is -2.17. The fraction of sp³-hybridized carbons (Fsp3) is 0.235. The van der Waals surface area contributed by atoms with Crippen LogP contribution < -0.4 is 0 Å².